The normalized spacial score (nSPS) is 14.2. The van der Waals surface area contributed by atoms with Crippen LogP contribution in [0.3, 0.4) is 0 Å². The van der Waals surface area contributed by atoms with Crippen molar-refractivity contribution in [3.8, 4) is 5.88 Å². The minimum Gasteiger partial charge on any atom is -0.503 e. The first kappa shape index (κ1) is 22.3. The number of nitrogens with one attached hydrogen (secondary N) is 1. The van der Waals surface area contributed by atoms with Gasteiger partial charge < -0.3 is 31.6 Å². The molecule has 125 valence electrons. The van der Waals surface area contributed by atoms with Crippen LogP contribution in [0.5, 0.6) is 5.88 Å². The van der Waals surface area contributed by atoms with Gasteiger partial charge in [0.2, 0.25) is 5.88 Å². The average molecular weight is 438 g/mol. The predicted molar refractivity (Wildman–Crippen MR) is 81.1 cm³/mol. The summed E-state index contributed by atoms with van der Waals surface area (Å²) in [5.74, 6) is -1.23. The van der Waals surface area contributed by atoms with Crippen molar-refractivity contribution in [2.24, 2.45) is 0 Å². The zero-order valence-electron chi connectivity index (χ0n) is 12.3. The maximum atomic E-state index is 10.9. The molecule has 0 aromatic carbocycles. The van der Waals surface area contributed by atoms with Crippen LogP contribution in [0.2, 0.25) is 10.0 Å². The summed E-state index contributed by atoms with van der Waals surface area (Å²) in [6, 6.07) is 1.46. The molecule has 2 N–H and O–H groups in total. The molecule has 0 saturated carbocycles. The van der Waals surface area contributed by atoms with Gasteiger partial charge in [-0.3, -0.25) is 11.7 Å². The summed E-state index contributed by atoms with van der Waals surface area (Å²) in [7, 11) is 0. The van der Waals surface area contributed by atoms with E-state index in [2.05, 4.69) is 24.1 Å². The summed E-state index contributed by atoms with van der Waals surface area (Å²) in [6.07, 6.45) is 0. The summed E-state index contributed by atoms with van der Waals surface area (Å²) in [5.41, 5.74) is -0.448. The molecular weight excluding hydrogens is 424 g/mol. The monoisotopic (exact) mass is 437 g/mol. The number of pyridine rings is 1. The van der Waals surface area contributed by atoms with E-state index in [1.54, 1.807) is 0 Å². The Labute approximate surface area is 168 Å². The van der Waals surface area contributed by atoms with Gasteiger partial charge in [0.15, 0.2) is 17.4 Å². The molecule has 1 aromatic rings. The molecule has 7 nitrogen and oxygen atoms in total. The van der Waals surface area contributed by atoms with Crippen LogP contribution >= 0.6 is 23.2 Å². The van der Waals surface area contributed by atoms with Crippen LogP contribution in [0.4, 0.5) is 5.82 Å². The zero-order valence-corrected chi connectivity index (χ0v) is 16.6. The molecule has 2 heterocycles. The van der Waals surface area contributed by atoms with Gasteiger partial charge in [-0.2, -0.15) is 4.98 Å². The Morgan fingerprint density at radius 1 is 1.39 bits per heavy atom. The Kier molecular flexibility index (Phi) is 9.24. The average Bonchev–Trinajstić information content (AvgIpc) is 2.32. The number of nitrogens with zero attached hydrogens (tertiary/aromatic N) is 1. The van der Waals surface area contributed by atoms with Crippen molar-refractivity contribution < 1.29 is 56.9 Å². The molecule has 0 aliphatic carbocycles. The van der Waals surface area contributed by atoms with Gasteiger partial charge in [-0.15, -0.1) is 0 Å². The molecule has 23 heavy (non-hydrogen) atoms. The Morgan fingerprint density at radius 2 is 1.91 bits per heavy atom. The molecule has 1 fully saturated rings. The van der Waals surface area contributed by atoms with Crippen LogP contribution < -0.4 is 10.1 Å². The third-order valence-electron chi connectivity index (χ3n) is 2.31. The SMILES string of the molecule is [CH2-]C(=O)Nc1nc(OC2(C)COC2)c(Cl)cc1Cl.[CH2-]C(=O)O.[Y]. The first-order valence-electron chi connectivity index (χ1n) is 5.93. The number of ether oxygens (including phenoxy) is 2. The number of rotatable bonds is 3. The quantitative estimate of drug-likeness (QED) is 0.703. The number of carboxylic acid groups (broad SMARTS) is 1. The summed E-state index contributed by atoms with van der Waals surface area (Å²) in [6.45, 7) is 8.55. The van der Waals surface area contributed by atoms with Crippen LogP contribution in [0, 0.1) is 13.8 Å². The van der Waals surface area contributed by atoms with Crippen LogP contribution in [0.15, 0.2) is 6.07 Å². The molecule has 1 saturated heterocycles. The fourth-order valence-electron chi connectivity index (χ4n) is 1.42. The molecule has 1 aliphatic rings. The first-order chi connectivity index (χ1) is 10.1. The predicted octanol–water partition coefficient (Wildman–Crippen LogP) is 2.23. The zero-order chi connectivity index (χ0) is 16.9. The van der Waals surface area contributed by atoms with Gasteiger partial charge in [-0.25, -0.2) is 0 Å². The number of amides is 1. The summed E-state index contributed by atoms with van der Waals surface area (Å²) < 4.78 is 10.7. The van der Waals surface area contributed by atoms with Gasteiger partial charge in [0.25, 0.3) is 0 Å². The van der Waals surface area contributed by atoms with Crippen LogP contribution in [-0.2, 0) is 47.0 Å². The largest absolute Gasteiger partial charge is 0.503 e. The van der Waals surface area contributed by atoms with Crippen molar-refractivity contribution in [3.05, 3.63) is 30.0 Å². The number of aromatic nitrogens is 1. The van der Waals surface area contributed by atoms with E-state index in [-0.39, 0.29) is 54.5 Å². The van der Waals surface area contributed by atoms with Crippen molar-refractivity contribution in [2.75, 3.05) is 18.5 Å². The maximum absolute atomic E-state index is 10.9. The van der Waals surface area contributed by atoms with Crippen molar-refractivity contribution in [1.29, 1.82) is 0 Å². The van der Waals surface area contributed by atoms with Crippen molar-refractivity contribution in [1.82, 2.24) is 4.98 Å². The van der Waals surface area contributed by atoms with Crippen LogP contribution in [0.25, 0.3) is 0 Å². The fourth-order valence-corrected chi connectivity index (χ4v) is 1.87. The van der Waals surface area contributed by atoms with Gasteiger partial charge in [0.05, 0.1) is 24.1 Å². The van der Waals surface area contributed by atoms with E-state index in [4.69, 9.17) is 42.6 Å². The number of carboxylic acids is 1. The molecule has 2 rings (SSSR count). The molecule has 1 radical (unpaired) electrons. The molecule has 1 aromatic heterocycles. The second-order valence-corrected chi connectivity index (χ2v) is 5.41. The van der Waals surface area contributed by atoms with E-state index >= 15 is 0 Å². The second-order valence-electron chi connectivity index (χ2n) is 4.59. The molecule has 0 spiro atoms. The molecular formula is C13H14Cl2N2O5Y-2. The number of anilines is 1. The van der Waals surface area contributed by atoms with E-state index < -0.39 is 17.5 Å². The van der Waals surface area contributed by atoms with Gasteiger partial charge in [-0.1, -0.05) is 23.2 Å². The number of carbonyl (C=O) groups is 2. The van der Waals surface area contributed by atoms with Gasteiger partial charge >= 0.3 is 0 Å². The number of hydrogen-bond acceptors (Lipinski definition) is 5. The second kappa shape index (κ2) is 9.54. The van der Waals surface area contributed by atoms with Crippen molar-refractivity contribution >= 4 is 40.9 Å². The molecule has 1 amide bonds. The Hall–Kier alpha value is -0.726. The Bertz CT molecular complexity index is 578. The van der Waals surface area contributed by atoms with E-state index in [1.165, 1.54) is 6.07 Å². The minimum absolute atomic E-state index is 0. The standard InChI is InChI=1S/C11H11Cl2N2O3.C2H3O2.Y/c1-6(16)14-9-7(12)3-8(13)10(15-9)18-11(2)4-17-5-11;1-2(3)4;/h3H,1,4-5H2,2H3,(H,14,15,16);1H2,(H,3,4);/q2*-1;. The summed E-state index contributed by atoms with van der Waals surface area (Å²) in [5, 5.41) is 10.2. The van der Waals surface area contributed by atoms with Crippen molar-refractivity contribution in [3.63, 3.8) is 0 Å². The number of carbonyl (C=O) groups excluding carboxylic acids is 1. The molecule has 0 bridgehead atoms. The third-order valence-corrected chi connectivity index (χ3v) is 2.87. The Morgan fingerprint density at radius 3 is 2.30 bits per heavy atom. The van der Waals surface area contributed by atoms with Gasteiger partial charge in [-0.05, 0) is 13.0 Å². The van der Waals surface area contributed by atoms with Gasteiger partial charge in [0.1, 0.15) is 5.02 Å². The van der Waals surface area contributed by atoms with E-state index in [0.717, 1.165) is 0 Å². The first-order valence-corrected chi connectivity index (χ1v) is 6.69. The summed E-state index contributed by atoms with van der Waals surface area (Å²) in [4.78, 5) is 23.9. The van der Waals surface area contributed by atoms with E-state index in [0.29, 0.717) is 13.2 Å². The maximum Gasteiger partial charge on any atom is 0.235 e. The number of aliphatic carboxylic acids is 1. The molecule has 0 atom stereocenters. The molecule has 0 unspecified atom stereocenters. The number of halogens is 2. The molecule has 1 aliphatic heterocycles. The fraction of sp³-hybridized carbons (Fsp3) is 0.308. The third kappa shape index (κ3) is 7.59. The van der Waals surface area contributed by atoms with Gasteiger partial charge in [0, 0.05) is 32.7 Å². The van der Waals surface area contributed by atoms with Crippen molar-refractivity contribution in [2.45, 2.75) is 12.5 Å². The number of hydrogen-bond donors (Lipinski definition) is 2. The van der Waals surface area contributed by atoms with E-state index in [1.807, 2.05) is 6.92 Å². The topological polar surface area (TPSA) is 97.8 Å². The minimum atomic E-state index is -1.08. The summed E-state index contributed by atoms with van der Waals surface area (Å²) >= 11 is 11.9. The Balaban J connectivity index is 0.000000871. The van der Waals surface area contributed by atoms with Crippen LogP contribution in [0.1, 0.15) is 6.92 Å². The smallest absolute Gasteiger partial charge is 0.235 e. The van der Waals surface area contributed by atoms with E-state index in [9.17, 15) is 4.79 Å². The molecule has 10 heteroatoms. The van der Waals surface area contributed by atoms with Crippen LogP contribution in [-0.4, -0.2) is 40.8 Å².